The third-order valence-electron chi connectivity index (χ3n) is 1.91. The van der Waals surface area contributed by atoms with Gasteiger partial charge in [-0.25, -0.2) is 13.2 Å². The molecule has 0 unspecified atom stereocenters. The molecule has 0 atom stereocenters. The normalized spacial score (nSPS) is 12.2. The van der Waals surface area contributed by atoms with E-state index in [1.807, 2.05) is 0 Å². The Morgan fingerprint density at radius 2 is 1.81 bits per heavy atom. The Labute approximate surface area is 95.0 Å². The van der Waals surface area contributed by atoms with Crippen LogP contribution in [0.3, 0.4) is 0 Å². The Morgan fingerprint density at radius 3 is 2.19 bits per heavy atom. The summed E-state index contributed by atoms with van der Waals surface area (Å²) in [4.78, 5) is 22.0. The molecule has 6 nitrogen and oxygen atoms in total. The molecule has 0 saturated heterocycles. The lowest BCUT2D eigenvalue weighted by Gasteiger charge is -2.20. The number of nitrogens with one attached hydrogen (secondary N) is 1. The zero-order chi connectivity index (χ0) is 13.0. The van der Waals surface area contributed by atoms with Crippen molar-refractivity contribution >= 4 is 21.7 Å². The zero-order valence-electron chi connectivity index (χ0n) is 9.61. The van der Waals surface area contributed by atoms with Crippen LogP contribution in [0.5, 0.6) is 0 Å². The third kappa shape index (κ3) is 6.39. The molecule has 0 fully saturated rings. The third-order valence-corrected chi connectivity index (χ3v) is 2.94. The Morgan fingerprint density at radius 1 is 1.31 bits per heavy atom. The van der Waals surface area contributed by atoms with Crippen molar-refractivity contribution < 1.29 is 23.1 Å². The number of rotatable bonds is 6. The zero-order valence-corrected chi connectivity index (χ0v) is 10.4. The van der Waals surface area contributed by atoms with E-state index in [2.05, 4.69) is 5.32 Å². The molecule has 0 aliphatic rings. The highest BCUT2D eigenvalue weighted by atomic mass is 32.2. The molecule has 16 heavy (non-hydrogen) atoms. The lowest BCUT2D eigenvalue weighted by atomic mass is 10.1. The van der Waals surface area contributed by atoms with E-state index >= 15 is 0 Å². The largest absolute Gasteiger partial charge is 0.480 e. The summed E-state index contributed by atoms with van der Waals surface area (Å²) in [6, 6.07) is 0. The fraction of sp³-hybridized carbons (Fsp3) is 0.778. The summed E-state index contributed by atoms with van der Waals surface area (Å²) in [7, 11) is -3.08. The van der Waals surface area contributed by atoms with Crippen molar-refractivity contribution in [3.63, 3.8) is 0 Å². The van der Waals surface area contributed by atoms with Crippen LogP contribution in [0.2, 0.25) is 0 Å². The minimum atomic E-state index is -3.08. The van der Waals surface area contributed by atoms with E-state index in [4.69, 9.17) is 5.11 Å². The second-order valence-electron chi connectivity index (χ2n) is 4.21. The van der Waals surface area contributed by atoms with E-state index in [1.54, 1.807) is 0 Å². The highest BCUT2D eigenvalue weighted by Gasteiger charge is 2.28. The van der Waals surface area contributed by atoms with Gasteiger partial charge >= 0.3 is 5.97 Å². The molecule has 0 spiro atoms. The van der Waals surface area contributed by atoms with Crippen LogP contribution in [0.4, 0.5) is 0 Å². The number of carbonyl (C=O) groups is 2. The molecule has 0 heterocycles. The van der Waals surface area contributed by atoms with Crippen LogP contribution in [0.15, 0.2) is 0 Å². The van der Waals surface area contributed by atoms with Gasteiger partial charge < -0.3 is 10.4 Å². The minimum absolute atomic E-state index is 0.00375. The second kappa shape index (κ2) is 5.29. The van der Waals surface area contributed by atoms with E-state index in [9.17, 15) is 18.0 Å². The van der Waals surface area contributed by atoms with E-state index in [0.29, 0.717) is 0 Å². The van der Waals surface area contributed by atoms with E-state index < -0.39 is 27.3 Å². The van der Waals surface area contributed by atoms with Crippen molar-refractivity contribution in [1.29, 1.82) is 0 Å². The van der Waals surface area contributed by atoms with Crippen LogP contribution in [-0.4, -0.2) is 42.9 Å². The van der Waals surface area contributed by atoms with Crippen molar-refractivity contribution in [2.24, 2.45) is 0 Å². The fourth-order valence-electron chi connectivity index (χ4n) is 0.959. The lowest BCUT2D eigenvalue weighted by molar-refractivity contribution is -0.146. The number of amides is 1. The first-order valence-electron chi connectivity index (χ1n) is 4.77. The molecule has 7 heteroatoms. The van der Waals surface area contributed by atoms with Gasteiger partial charge in [0.1, 0.15) is 15.4 Å². The molecule has 2 N–H and O–H groups in total. The van der Waals surface area contributed by atoms with Gasteiger partial charge in [0.25, 0.3) is 0 Å². The SMILES string of the molecule is CC(C)(NC(=O)CCCS(C)(=O)=O)C(=O)O. The molecule has 0 aromatic heterocycles. The number of hydrogen-bond acceptors (Lipinski definition) is 4. The summed E-state index contributed by atoms with van der Waals surface area (Å²) in [5, 5.41) is 11.0. The Bertz CT molecular complexity index is 371. The first-order chi connectivity index (χ1) is 7.04. The summed E-state index contributed by atoms with van der Waals surface area (Å²) >= 11 is 0. The number of carboxylic acids is 1. The van der Waals surface area contributed by atoms with Crippen LogP contribution in [0.25, 0.3) is 0 Å². The minimum Gasteiger partial charge on any atom is -0.480 e. The molecule has 94 valence electrons. The highest BCUT2D eigenvalue weighted by Crippen LogP contribution is 2.03. The maximum Gasteiger partial charge on any atom is 0.328 e. The monoisotopic (exact) mass is 251 g/mol. The molecule has 0 aliphatic carbocycles. The maximum atomic E-state index is 11.3. The number of carboxylic acid groups (broad SMARTS) is 1. The number of sulfone groups is 1. The van der Waals surface area contributed by atoms with Gasteiger partial charge in [-0.3, -0.25) is 4.79 Å². The van der Waals surface area contributed by atoms with Crippen LogP contribution in [0, 0.1) is 0 Å². The molecule has 0 saturated carbocycles. The van der Waals surface area contributed by atoms with Gasteiger partial charge in [-0.2, -0.15) is 0 Å². The van der Waals surface area contributed by atoms with Crippen LogP contribution < -0.4 is 5.32 Å². The van der Waals surface area contributed by atoms with E-state index in [0.717, 1.165) is 6.26 Å². The van der Waals surface area contributed by atoms with Gasteiger partial charge in [-0.1, -0.05) is 0 Å². The van der Waals surface area contributed by atoms with Crippen molar-refractivity contribution in [3.05, 3.63) is 0 Å². The predicted octanol–water partition coefficient (Wildman–Crippen LogP) is -0.209. The summed E-state index contributed by atoms with van der Waals surface area (Å²) < 4.78 is 21.6. The van der Waals surface area contributed by atoms with Crippen molar-refractivity contribution in [2.75, 3.05) is 12.0 Å². The molecule has 0 aromatic rings. The summed E-state index contributed by atoms with van der Waals surface area (Å²) in [6.07, 6.45) is 1.29. The molecule has 0 aliphatic heterocycles. The van der Waals surface area contributed by atoms with Gasteiger partial charge in [0.2, 0.25) is 5.91 Å². The average molecular weight is 251 g/mol. The molecule has 0 bridgehead atoms. The number of aliphatic carboxylic acids is 1. The standard InChI is InChI=1S/C9H17NO5S/c1-9(2,8(12)13)10-7(11)5-4-6-16(3,14)15/h4-6H2,1-3H3,(H,10,11)(H,12,13). The van der Waals surface area contributed by atoms with Crippen LogP contribution >= 0.6 is 0 Å². The van der Waals surface area contributed by atoms with E-state index in [1.165, 1.54) is 13.8 Å². The first-order valence-corrected chi connectivity index (χ1v) is 6.83. The fourth-order valence-corrected chi connectivity index (χ4v) is 1.63. The maximum absolute atomic E-state index is 11.3. The Hall–Kier alpha value is -1.11. The molecule has 0 aromatic carbocycles. The first kappa shape index (κ1) is 14.9. The van der Waals surface area contributed by atoms with Gasteiger partial charge in [0.05, 0.1) is 5.75 Å². The second-order valence-corrected chi connectivity index (χ2v) is 6.47. The molecular weight excluding hydrogens is 234 g/mol. The van der Waals surface area contributed by atoms with Crippen molar-refractivity contribution in [1.82, 2.24) is 5.32 Å². The summed E-state index contributed by atoms with van der Waals surface area (Å²) in [6.45, 7) is 2.73. The van der Waals surface area contributed by atoms with Gasteiger partial charge in [0.15, 0.2) is 0 Å². The van der Waals surface area contributed by atoms with E-state index in [-0.39, 0.29) is 18.6 Å². The Kier molecular flexibility index (Phi) is 4.92. The molecule has 0 radical (unpaired) electrons. The smallest absolute Gasteiger partial charge is 0.328 e. The van der Waals surface area contributed by atoms with Gasteiger partial charge in [-0.05, 0) is 20.3 Å². The lowest BCUT2D eigenvalue weighted by Crippen LogP contribution is -2.49. The van der Waals surface area contributed by atoms with Crippen LogP contribution in [-0.2, 0) is 19.4 Å². The topological polar surface area (TPSA) is 101 Å². The summed E-state index contributed by atoms with van der Waals surface area (Å²) in [5.74, 6) is -1.67. The van der Waals surface area contributed by atoms with Gasteiger partial charge in [-0.15, -0.1) is 0 Å². The number of carbonyl (C=O) groups excluding carboxylic acids is 1. The Balaban J connectivity index is 4.07. The van der Waals surface area contributed by atoms with Crippen molar-refractivity contribution in [3.8, 4) is 0 Å². The molecular formula is C9H17NO5S. The predicted molar refractivity (Wildman–Crippen MR) is 58.8 cm³/mol. The van der Waals surface area contributed by atoms with Crippen LogP contribution in [0.1, 0.15) is 26.7 Å². The molecule has 1 amide bonds. The summed E-state index contributed by atoms with van der Waals surface area (Å²) in [5.41, 5.74) is -1.33. The van der Waals surface area contributed by atoms with Gasteiger partial charge in [0, 0.05) is 12.7 Å². The highest BCUT2D eigenvalue weighted by molar-refractivity contribution is 7.90. The average Bonchev–Trinajstić information content (AvgIpc) is 1.99. The quantitative estimate of drug-likeness (QED) is 0.680. The molecule has 0 rings (SSSR count). The van der Waals surface area contributed by atoms with Crippen molar-refractivity contribution in [2.45, 2.75) is 32.2 Å². The number of hydrogen-bond donors (Lipinski definition) is 2.